The zero-order valence-corrected chi connectivity index (χ0v) is 13.5. The molecule has 4 nitrogen and oxygen atoms in total. The van der Waals surface area contributed by atoms with E-state index in [1.54, 1.807) is 7.11 Å². The SMILES string of the molecule is CCNC(=NCC1(c2cccc(Cl)c2)CC1)NCCOC. The summed E-state index contributed by atoms with van der Waals surface area (Å²) in [5, 5.41) is 7.33. The van der Waals surface area contributed by atoms with Crippen molar-refractivity contribution >= 4 is 17.6 Å². The third-order valence-electron chi connectivity index (χ3n) is 3.77. The van der Waals surface area contributed by atoms with E-state index in [9.17, 15) is 0 Å². The maximum Gasteiger partial charge on any atom is 0.191 e. The Balaban J connectivity index is 1.99. The van der Waals surface area contributed by atoms with Crippen molar-refractivity contribution in [3.8, 4) is 0 Å². The standard InChI is InChI=1S/C16H24ClN3O/c1-3-18-15(19-9-10-21-2)20-12-16(7-8-16)13-5-4-6-14(17)11-13/h4-6,11H,3,7-10,12H2,1-2H3,(H2,18,19,20). The summed E-state index contributed by atoms with van der Waals surface area (Å²) in [6.45, 7) is 5.13. The predicted octanol–water partition coefficient (Wildman–Crippen LogP) is 2.57. The van der Waals surface area contributed by atoms with Gasteiger partial charge in [-0.2, -0.15) is 0 Å². The molecule has 2 rings (SSSR count). The third kappa shape index (κ3) is 4.61. The number of nitrogens with one attached hydrogen (secondary N) is 2. The van der Waals surface area contributed by atoms with Crippen LogP contribution in [0.2, 0.25) is 5.02 Å². The fraction of sp³-hybridized carbons (Fsp3) is 0.562. The molecule has 0 radical (unpaired) electrons. The summed E-state index contributed by atoms with van der Waals surface area (Å²) in [4.78, 5) is 4.72. The van der Waals surface area contributed by atoms with Crippen LogP contribution in [0.25, 0.3) is 0 Å². The van der Waals surface area contributed by atoms with E-state index in [0.717, 1.165) is 30.6 Å². The second-order valence-corrected chi connectivity index (χ2v) is 5.84. The van der Waals surface area contributed by atoms with Gasteiger partial charge in [0, 0.05) is 30.6 Å². The second kappa shape index (κ2) is 7.66. The van der Waals surface area contributed by atoms with Crippen LogP contribution in [-0.2, 0) is 10.2 Å². The van der Waals surface area contributed by atoms with E-state index in [4.69, 9.17) is 21.3 Å². The van der Waals surface area contributed by atoms with Crippen LogP contribution in [0, 0.1) is 0 Å². The number of hydrogen-bond acceptors (Lipinski definition) is 2. The molecule has 0 aliphatic heterocycles. The molecule has 1 saturated carbocycles. The molecular weight excluding hydrogens is 286 g/mol. The summed E-state index contributed by atoms with van der Waals surface area (Å²) < 4.78 is 5.05. The Morgan fingerprint density at radius 3 is 2.81 bits per heavy atom. The van der Waals surface area contributed by atoms with E-state index in [1.165, 1.54) is 18.4 Å². The number of halogens is 1. The molecule has 2 N–H and O–H groups in total. The number of aliphatic imine (C=N–C) groups is 1. The molecule has 5 heteroatoms. The van der Waals surface area contributed by atoms with Crippen LogP contribution in [0.1, 0.15) is 25.3 Å². The fourth-order valence-corrected chi connectivity index (χ4v) is 2.54. The Kier molecular flexibility index (Phi) is 5.88. The van der Waals surface area contributed by atoms with Gasteiger partial charge in [-0.1, -0.05) is 23.7 Å². The van der Waals surface area contributed by atoms with Crippen molar-refractivity contribution in [3.63, 3.8) is 0 Å². The number of guanidine groups is 1. The topological polar surface area (TPSA) is 45.7 Å². The van der Waals surface area contributed by atoms with Gasteiger partial charge in [0.15, 0.2) is 5.96 Å². The number of benzene rings is 1. The molecule has 1 aromatic rings. The van der Waals surface area contributed by atoms with Crippen molar-refractivity contribution in [1.82, 2.24) is 10.6 Å². The lowest BCUT2D eigenvalue weighted by molar-refractivity contribution is 0.203. The van der Waals surface area contributed by atoms with Crippen molar-refractivity contribution in [2.24, 2.45) is 4.99 Å². The van der Waals surface area contributed by atoms with Gasteiger partial charge in [0.2, 0.25) is 0 Å². The summed E-state index contributed by atoms with van der Waals surface area (Å²) in [5.74, 6) is 0.850. The predicted molar refractivity (Wildman–Crippen MR) is 88.2 cm³/mol. The van der Waals surface area contributed by atoms with Crippen molar-refractivity contribution in [2.75, 3.05) is 33.4 Å². The minimum atomic E-state index is 0.175. The van der Waals surface area contributed by atoms with Crippen LogP contribution < -0.4 is 10.6 Å². The summed E-state index contributed by atoms with van der Waals surface area (Å²) >= 11 is 6.10. The molecular formula is C16H24ClN3O. The first-order valence-electron chi connectivity index (χ1n) is 7.47. The van der Waals surface area contributed by atoms with Crippen LogP contribution in [0.5, 0.6) is 0 Å². The third-order valence-corrected chi connectivity index (χ3v) is 4.01. The van der Waals surface area contributed by atoms with Crippen molar-refractivity contribution in [3.05, 3.63) is 34.9 Å². The lowest BCUT2D eigenvalue weighted by Gasteiger charge is -2.16. The van der Waals surface area contributed by atoms with Gasteiger partial charge in [0.25, 0.3) is 0 Å². The van der Waals surface area contributed by atoms with E-state index in [-0.39, 0.29) is 5.41 Å². The van der Waals surface area contributed by atoms with Crippen LogP contribution in [0.3, 0.4) is 0 Å². The summed E-state index contributed by atoms with van der Waals surface area (Å²) in [7, 11) is 1.70. The number of ether oxygens (including phenoxy) is 1. The Hall–Kier alpha value is -1.26. The molecule has 0 heterocycles. The molecule has 0 spiro atoms. The zero-order chi connectivity index (χ0) is 15.1. The van der Waals surface area contributed by atoms with Crippen LogP contribution >= 0.6 is 11.6 Å². The van der Waals surface area contributed by atoms with Gasteiger partial charge in [-0.25, -0.2) is 0 Å². The van der Waals surface area contributed by atoms with Gasteiger partial charge in [-0.15, -0.1) is 0 Å². The minimum Gasteiger partial charge on any atom is -0.383 e. The van der Waals surface area contributed by atoms with Crippen molar-refractivity contribution in [2.45, 2.75) is 25.2 Å². The Bertz CT molecular complexity index is 486. The summed E-state index contributed by atoms with van der Waals surface area (Å²) in [6, 6.07) is 8.15. The highest BCUT2D eigenvalue weighted by Gasteiger charge is 2.44. The van der Waals surface area contributed by atoms with Gasteiger partial charge in [-0.05, 0) is 37.5 Å². The second-order valence-electron chi connectivity index (χ2n) is 5.41. The maximum absolute atomic E-state index is 6.10. The Morgan fingerprint density at radius 1 is 1.38 bits per heavy atom. The van der Waals surface area contributed by atoms with E-state index in [0.29, 0.717) is 6.61 Å². The number of methoxy groups -OCH3 is 1. The lowest BCUT2D eigenvalue weighted by Crippen LogP contribution is -2.39. The average molecular weight is 310 g/mol. The smallest absolute Gasteiger partial charge is 0.191 e. The molecule has 21 heavy (non-hydrogen) atoms. The molecule has 0 bridgehead atoms. The van der Waals surface area contributed by atoms with Crippen LogP contribution in [0.15, 0.2) is 29.3 Å². The Labute approximate surface area is 131 Å². The van der Waals surface area contributed by atoms with Gasteiger partial charge >= 0.3 is 0 Å². The molecule has 1 aliphatic carbocycles. The average Bonchev–Trinajstić information content (AvgIpc) is 3.26. The molecule has 0 atom stereocenters. The monoisotopic (exact) mass is 309 g/mol. The minimum absolute atomic E-state index is 0.175. The lowest BCUT2D eigenvalue weighted by atomic mass is 9.96. The number of nitrogens with zero attached hydrogens (tertiary/aromatic N) is 1. The first-order valence-corrected chi connectivity index (χ1v) is 7.85. The van der Waals surface area contributed by atoms with E-state index in [1.807, 2.05) is 12.1 Å². The number of hydrogen-bond donors (Lipinski definition) is 2. The van der Waals surface area contributed by atoms with Gasteiger partial charge in [-0.3, -0.25) is 4.99 Å². The van der Waals surface area contributed by atoms with Crippen LogP contribution in [0.4, 0.5) is 0 Å². The fourth-order valence-electron chi connectivity index (χ4n) is 2.35. The molecule has 1 aromatic carbocycles. The Morgan fingerprint density at radius 2 is 2.19 bits per heavy atom. The highest BCUT2D eigenvalue weighted by Crippen LogP contribution is 2.48. The van der Waals surface area contributed by atoms with Gasteiger partial charge in [0.05, 0.1) is 13.2 Å². The molecule has 0 aromatic heterocycles. The number of rotatable bonds is 7. The summed E-state index contributed by atoms with van der Waals surface area (Å²) in [6.07, 6.45) is 2.35. The summed E-state index contributed by atoms with van der Waals surface area (Å²) in [5.41, 5.74) is 1.47. The zero-order valence-electron chi connectivity index (χ0n) is 12.8. The highest BCUT2D eigenvalue weighted by molar-refractivity contribution is 6.30. The van der Waals surface area contributed by atoms with Crippen molar-refractivity contribution in [1.29, 1.82) is 0 Å². The first-order chi connectivity index (χ1) is 10.2. The molecule has 116 valence electrons. The molecule has 0 saturated heterocycles. The van der Waals surface area contributed by atoms with Crippen LogP contribution in [-0.4, -0.2) is 39.3 Å². The highest BCUT2D eigenvalue weighted by atomic mass is 35.5. The van der Waals surface area contributed by atoms with E-state index >= 15 is 0 Å². The maximum atomic E-state index is 6.10. The van der Waals surface area contributed by atoms with E-state index < -0.39 is 0 Å². The first kappa shape index (κ1) is 16.1. The normalized spacial score (nSPS) is 16.6. The van der Waals surface area contributed by atoms with E-state index in [2.05, 4.69) is 29.7 Å². The van der Waals surface area contributed by atoms with Gasteiger partial charge in [0.1, 0.15) is 0 Å². The van der Waals surface area contributed by atoms with Gasteiger partial charge < -0.3 is 15.4 Å². The van der Waals surface area contributed by atoms with Crippen molar-refractivity contribution < 1.29 is 4.74 Å². The molecule has 1 fully saturated rings. The quantitative estimate of drug-likeness (QED) is 0.462. The molecule has 0 amide bonds. The molecule has 1 aliphatic rings. The molecule has 0 unspecified atom stereocenters. The largest absolute Gasteiger partial charge is 0.383 e.